The van der Waals surface area contributed by atoms with Crippen LogP contribution in [0.15, 0.2) is 18.2 Å². The zero-order valence-electron chi connectivity index (χ0n) is 9.49. The number of aliphatic hydroxyl groups is 1. The van der Waals surface area contributed by atoms with Crippen molar-refractivity contribution >= 4 is 0 Å². The largest absolute Gasteiger partial charge is 0.490 e. The maximum Gasteiger partial charge on any atom is 0.161 e. The van der Waals surface area contributed by atoms with Crippen LogP contribution in [0.3, 0.4) is 0 Å². The molecule has 0 heterocycles. The molecule has 15 heavy (non-hydrogen) atoms. The van der Waals surface area contributed by atoms with Gasteiger partial charge < -0.3 is 14.6 Å². The molecule has 0 saturated heterocycles. The van der Waals surface area contributed by atoms with Crippen LogP contribution in [0.2, 0.25) is 0 Å². The summed E-state index contributed by atoms with van der Waals surface area (Å²) in [5.41, 5.74) is 0.835. The number of aliphatic hydroxyl groups excluding tert-OH is 1. The summed E-state index contributed by atoms with van der Waals surface area (Å²) in [5.74, 6) is 1.42. The molecule has 0 bridgehead atoms. The van der Waals surface area contributed by atoms with Crippen LogP contribution in [0.25, 0.3) is 0 Å². The maximum absolute atomic E-state index is 9.44. The van der Waals surface area contributed by atoms with Crippen molar-refractivity contribution in [1.82, 2.24) is 0 Å². The summed E-state index contributed by atoms with van der Waals surface area (Å²) in [6, 6.07) is 5.49. The van der Waals surface area contributed by atoms with Crippen LogP contribution < -0.4 is 9.47 Å². The van der Waals surface area contributed by atoms with Crippen LogP contribution in [-0.4, -0.2) is 18.3 Å². The summed E-state index contributed by atoms with van der Waals surface area (Å²) in [7, 11) is 0. The molecular formula is C12H18O3. The molecule has 1 N–H and O–H groups in total. The molecular weight excluding hydrogens is 192 g/mol. The maximum atomic E-state index is 9.44. The first-order valence-electron chi connectivity index (χ1n) is 5.26. The molecule has 0 radical (unpaired) electrons. The lowest BCUT2D eigenvalue weighted by molar-refractivity contribution is 0.198. The van der Waals surface area contributed by atoms with Crippen molar-refractivity contribution in [2.45, 2.75) is 26.9 Å². The van der Waals surface area contributed by atoms with Crippen molar-refractivity contribution in [3.05, 3.63) is 23.8 Å². The lowest BCUT2D eigenvalue weighted by atomic mass is 10.1. The minimum Gasteiger partial charge on any atom is -0.490 e. The zero-order chi connectivity index (χ0) is 11.3. The summed E-state index contributed by atoms with van der Waals surface area (Å²) in [6.45, 7) is 6.77. The minimum absolute atomic E-state index is 0.486. The molecule has 1 aromatic carbocycles. The van der Waals surface area contributed by atoms with Crippen molar-refractivity contribution in [3.8, 4) is 11.5 Å². The number of benzene rings is 1. The highest BCUT2D eigenvalue weighted by Gasteiger charge is 2.08. The highest BCUT2D eigenvalue weighted by Crippen LogP contribution is 2.30. The molecule has 84 valence electrons. The van der Waals surface area contributed by atoms with E-state index in [1.54, 1.807) is 6.92 Å². The van der Waals surface area contributed by atoms with E-state index in [0.29, 0.717) is 19.0 Å². The SMILES string of the molecule is CCOc1ccc([C@@H](C)O)cc1OCC. The Morgan fingerprint density at radius 2 is 1.73 bits per heavy atom. The van der Waals surface area contributed by atoms with Gasteiger partial charge in [-0.3, -0.25) is 0 Å². The molecule has 0 amide bonds. The quantitative estimate of drug-likeness (QED) is 0.811. The van der Waals surface area contributed by atoms with E-state index in [1.165, 1.54) is 0 Å². The van der Waals surface area contributed by atoms with Crippen LogP contribution in [0.4, 0.5) is 0 Å². The lowest BCUT2D eigenvalue weighted by Gasteiger charge is -2.13. The smallest absolute Gasteiger partial charge is 0.161 e. The molecule has 1 rings (SSSR count). The Balaban J connectivity index is 2.97. The average Bonchev–Trinajstić information content (AvgIpc) is 2.21. The van der Waals surface area contributed by atoms with Crippen molar-refractivity contribution in [2.24, 2.45) is 0 Å². The topological polar surface area (TPSA) is 38.7 Å². The van der Waals surface area contributed by atoms with Crippen LogP contribution in [0.1, 0.15) is 32.4 Å². The molecule has 1 atom stereocenters. The molecule has 0 spiro atoms. The van der Waals surface area contributed by atoms with Crippen molar-refractivity contribution in [2.75, 3.05) is 13.2 Å². The lowest BCUT2D eigenvalue weighted by Crippen LogP contribution is -2.00. The minimum atomic E-state index is -0.486. The highest BCUT2D eigenvalue weighted by molar-refractivity contribution is 5.43. The Morgan fingerprint density at radius 1 is 1.13 bits per heavy atom. The van der Waals surface area contributed by atoms with E-state index in [2.05, 4.69) is 0 Å². The monoisotopic (exact) mass is 210 g/mol. The van der Waals surface area contributed by atoms with E-state index in [0.717, 1.165) is 11.3 Å². The summed E-state index contributed by atoms with van der Waals surface area (Å²) >= 11 is 0. The molecule has 0 aliphatic rings. The van der Waals surface area contributed by atoms with Gasteiger partial charge in [-0.1, -0.05) is 6.07 Å². The van der Waals surface area contributed by atoms with E-state index < -0.39 is 6.10 Å². The van der Waals surface area contributed by atoms with E-state index in [9.17, 15) is 5.11 Å². The molecule has 3 heteroatoms. The summed E-state index contributed by atoms with van der Waals surface area (Å²) < 4.78 is 10.9. The van der Waals surface area contributed by atoms with Crippen molar-refractivity contribution in [3.63, 3.8) is 0 Å². The molecule has 3 nitrogen and oxygen atoms in total. The molecule has 0 saturated carbocycles. The number of rotatable bonds is 5. The highest BCUT2D eigenvalue weighted by atomic mass is 16.5. The molecule has 0 aliphatic heterocycles. The molecule has 0 unspecified atom stereocenters. The summed E-state index contributed by atoms with van der Waals surface area (Å²) in [6.07, 6.45) is -0.486. The van der Waals surface area contributed by atoms with Crippen molar-refractivity contribution in [1.29, 1.82) is 0 Å². The zero-order valence-corrected chi connectivity index (χ0v) is 9.49. The first-order chi connectivity index (χ1) is 7.19. The predicted octanol–water partition coefficient (Wildman–Crippen LogP) is 2.54. The number of hydrogen-bond acceptors (Lipinski definition) is 3. The number of hydrogen-bond donors (Lipinski definition) is 1. The van der Waals surface area contributed by atoms with Crippen LogP contribution in [0, 0.1) is 0 Å². The molecule has 0 aliphatic carbocycles. The summed E-state index contributed by atoms with van der Waals surface area (Å²) in [4.78, 5) is 0. The van der Waals surface area contributed by atoms with Gasteiger partial charge in [-0.05, 0) is 38.5 Å². The first kappa shape index (κ1) is 11.9. The van der Waals surface area contributed by atoms with Crippen LogP contribution in [0.5, 0.6) is 11.5 Å². The third-order valence-electron chi connectivity index (χ3n) is 2.05. The fourth-order valence-corrected chi connectivity index (χ4v) is 1.33. The van der Waals surface area contributed by atoms with Gasteiger partial charge in [-0.25, -0.2) is 0 Å². The van der Waals surface area contributed by atoms with E-state index in [-0.39, 0.29) is 0 Å². The van der Waals surface area contributed by atoms with Gasteiger partial charge in [-0.2, -0.15) is 0 Å². The van der Waals surface area contributed by atoms with E-state index in [4.69, 9.17) is 9.47 Å². The Hall–Kier alpha value is -1.22. The normalized spacial score (nSPS) is 12.3. The first-order valence-corrected chi connectivity index (χ1v) is 5.26. The fraction of sp³-hybridized carbons (Fsp3) is 0.500. The van der Waals surface area contributed by atoms with Crippen molar-refractivity contribution < 1.29 is 14.6 Å². The number of ether oxygens (including phenoxy) is 2. The third-order valence-corrected chi connectivity index (χ3v) is 2.05. The van der Waals surface area contributed by atoms with E-state index >= 15 is 0 Å². The Morgan fingerprint density at radius 3 is 2.27 bits per heavy atom. The average molecular weight is 210 g/mol. The Kier molecular flexibility index (Phi) is 4.43. The Labute approximate surface area is 90.6 Å². The van der Waals surface area contributed by atoms with Gasteiger partial charge in [0.2, 0.25) is 0 Å². The van der Waals surface area contributed by atoms with Gasteiger partial charge in [0.25, 0.3) is 0 Å². The Bertz CT molecular complexity index is 308. The summed E-state index contributed by atoms with van der Waals surface area (Å²) in [5, 5.41) is 9.44. The van der Waals surface area contributed by atoms with Gasteiger partial charge in [-0.15, -0.1) is 0 Å². The molecule has 0 fully saturated rings. The van der Waals surface area contributed by atoms with Crippen LogP contribution >= 0.6 is 0 Å². The fourth-order valence-electron chi connectivity index (χ4n) is 1.33. The van der Waals surface area contributed by atoms with Crippen LogP contribution in [-0.2, 0) is 0 Å². The van der Waals surface area contributed by atoms with Gasteiger partial charge in [0.1, 0.15) is 0 Å². The van der Waals surface area contributed by atoms with Gasteiger partial charge in [0.05, 0.1) is 19.3 Å². The van der Waals surface area contributed by atoms with Gasteiger partial charge in [0.15, 0.2) is 11.5 Å². The standard InChI is InChI=1S/C12H18O3/c1-4-14-11-7-6-10(9(3)13)8-12(11)15-5-2/h6-9,13H,4-5H2,1-3H3/t9-/m1/s1. The molecule has 1 aromatic rings. The van der Waals surface area contributed by atoms with Gasteiger partial charge >= 0.3 is 0 Å². The second kappa shape index (κ2) is 5.61. The molecule has 0 aromatic heterocycles. The third kappa shape index (κ3) is 3.13. The van der Waals surface area contributed by atoms with E-state index in [1.807, 2.05) is 32.0 Å². The second-order valence-corrected chi connectivity index (χ2v) is 3.25. The predicted molar refractivity (Wildman–Crippen MR) is 59.4 cm³/mol. The second-order valence-electron chi connectivity index (χ2n) is 3.25. The van der Waals surface area contributed by atoms with Gasteiger partial charge in [0, 0.05) is 0 Å².